The molecular weight excluding hydrogens is 523 g/mol. The number of benzene rings is 1. The van der Waals surface area contributed by atoms with Gasteiger partial charge in [0.15, 0.2) is 11.4 Å². The van der Waals surface area contributed by atoms with Crippen LogP contribution in [0, 0.1) is 23.6 Å². The van der Waals surface area contributed by atoms with Crippen LogP contribution in [0.2, 0.25) is 0 Å². The van der Waals surface area contributed by atoms with Crippen LogP contribution in [0.1, 0.15) is 49.4 Å². The molecule has 2 heterocycles. The number of aliphatic hydroxyl groups excluding tert-OH is 2. The quantitative estimate of drug-likeness (QED) is 0.209. The number of nitrogens with two attached hydrogens (primary N) is 1. The number of Topliss-reactive ketones (excluding diaryl/α,β-unsaturated/α-hetero) is 2. The summed E-state index contributed by atoms with van der Waals surface area (Å²) in [5.41, 5.74) is 1.71. The Balaban J connectivity index is 1.55. The molecule has 11 nitrogen and oxygen atoms in total. The number of primary amides is 1. The normalized spacial score (nSPS) is 33.3. The smallest absolute Gasteiger partial charge is 0.255 e. The number of aromatic hydroxyl groups is 1. The summed E-state index contributed by atoms with van der Waals surface area (Å²) in [5.74, 6) is -8.05. The van der Waals surface area contributed by atoms with Gasteiger partial charge in [-0.25, -0.2) is 4.39 Å². The number of nitrogens with zero attached hydrogens (tertiary/aromatic N) is 1. The zero-order chi connectivity index (χ0) is 29.0. The minimum absolute atomic E-state index is 0.0524. The summed E-state index contributed by atoms with van der Waals surface area (Å²) in [4.78, 5) is 41.4. The molecule has 1 amide bonds. The van der Waals surface area contributed by atoms with E-state index in [-0.39, 0.29) is 53.2 Å². The summed E-state index contributed by atoms with van der Waals surface area (Å²) in [6, 6.07) is -1.83. The second-order valence-electron chi connectivity index (χ2n) is 12.0. The first kappa shape index (κ1) is 26.7. The highest BCUT2D eigenvalue weighted by atomic mass is 19.1. The lowest BCUT2D eigenvalue weighted by molar-refractivity contribution is -0.150. The van der Waals surface area contributed by atoms with Gasteiger partial charge in [-0.2, -0.15) is 0 Å². The van der Waals surface area contributed by atoms with Crippen LogP contribution in [0.15, 0.2) is 16.9 Å². The van der Waals surface area contributed by atoms with Crippen LogP contribution in [0.3, 0.4) is 0 Å². The molecule has 8 N–H and O–H groups in total. The SMILES string of the molecule is CC(C)N[C@@H]1C(=O)C(C(N)=O)=C(O)[C@@]2(O)C(=O)C3=C(O)c4c(O)c5c(c(F)c4C[C@H]3C[C@@H]12)C1C(CCN1C)CN5. The summed E-state index contributed by atoms with van der Waals surface area (Å²) < 4.78 is 16.4. The second-order valence-corrected chi connectivity index (χ2v) is 12.0. The number of fused-ring (bicyclic) bond motifs is 6. The number of likely N-dealkylation sites (tertiary alicyclic amines) is 1. The maximum atomic E-state index is 16.4. The Morgan fingerprint density at radius 3 is 2.60 bits per heavy atom. The van der Waals surface area contributed by atoms with E-state index in [9.17, 15) is 34.8 Å². The maximum Gasteiger partial charge on any atom is 0.255 e. The van der Waals surface area contributed by atoms with Crippen molar-refractivity contribution in [2.45, 2.75) is 56.8 Å². The molecule has 6 atom stereocenters. The van der Waals surface area contributed by atoms with Crippen molar-refractivity contribution in [2.75, 3.05) is 25.5 Å². The standard InChI is InChI=1S/C28H33FN4O7/c1-9(2)32-19-13-7-11-6-12-15(23(35)20-16(18(12)29)21-10(8-31-20)4-5-33(21)3)22(34)14(11)25(37)28(13,40)26(38)17(24(19)36)27(30)39/h9-11,13,19,21,31-32,34-35,38,40H,4-8H2,1-3H3,(H2,30,39)/t10?,11-,13-,19-,21?,28-/m0/s1. The van der Waals surface area contributed by atoms with Crippen molar-refractivity contribution in [2.24, 2.45) is 23.5 Å². The minimum atomic E-state index is -2.75. The van der Waals surface area contributed by atoms with Gasteiger partial charge in [-0.1, -0.05) is 13.8 Å². The number of carbonyl (C=O) groups excluding carboxylic acids is 3. The lowest BCUT2D eigenvalue weighted by Gasteiger charge is -2.49. The molecule has 5 aliphatic rings. The van der Waals surface area contributed by atoms with Gasteiger partial charge in [-0.05, 0) is 44.7 Å². The highest BCUT2D eigenvalue weighted by Crippen LogP contribution is 2.56. The number of carbonyl (C=O) groups is 3. The molecule has 40 heavy (non-hydrogen) atoms. The molecule has 0 aromatic heterocycles. The average Bonchev–Trinajstić information content (AvgIpc) is 3.27. The van der Waals surface area contributed by atoms with Crippen molar-refractivity contribution in [3.05, 3.63) is 39.4 Å². The van der Waals surface area contributed by atoms with Gasteiger partial charge in [0.25, 0.3) is 5.91 Å². The molecule has 0 bridgehead atoms. The molecule has 0 spiro atoms. The Labute approximate surface area is 229 Å². The highest BCUT2D eigenvalue weighted by molar-refractivity contribution is 6.24. The molecule has 1 aromatic carbocycles. The first-order valence-electron chi connectivity index (χ1n) is 13.6. The van der Waals surface area contributed by atoms with E-state index in [4.69, 9.17) is 5.73 Å². The van der Waals surface area contributed by atoms with Crippen molar-refractivity contribution in [1.29, 1.82) is 0 Å². The van der Waals surface area contributed by atoms with E-state index in [1.807, 2.05) is 11.9 Å². The van der Waals surface area contributed by atoms with Crippen molar-refractivity contribution in [1.82, 2.24) is 10.2 Å². The molecule has 2 unspecified atom stereocenters. The van der Waals surface area contributed by atoms with E-state index in [0.717, 1.165) is 13.0 Å². The van der Waals surface area contributed by atoms with Crippen molar-refractivity contribution < 1.29 is 39.2 Å². The molecule has 1 saturated carbocycles. The van der Waals surface area contributed by atoms with E-state index in [1.165, 1.54) is 0 Å². The monoisotopic (exact) mass is 556 g/mol. The van der Waals surface area contributed by atoms with Gasteiger partial charge >= 0.3 is 0 Å². The van der Waals surface area contributed by atoms with Gasteiger partial charge in [0.05, 0.1) is 17.3 Å². The Kier molecular flexibility index (Phi) is 5.85. The fourth-order valence-electron chi connectivity index (χ4n) is 7.73. The van der Waals surface area contributed by atoms with Crippen molar-refractivity contribution in [3.63, 3.8) is 0 Å². The predicted molar refractivity (Wildman–Crippen MR) is 141 cm³/mol. The lowest BCUT2D eigenvalue weighted by atomic mass is 9.57. The van der Waals surface area contributed by atoms with Crippen LogP contribution in [0.5, 0.6) is 5.75 Å². The first-order chi connectivity index (χ1) is 18.8. The van der Waals surface area contributed by atoms with Gasteiger partial charge in [-0.3, -0.25) is 19.3 Å². The van der Waals surface area contributed by atoms with Gasteiger partial charge in [0, 0.05) is 41.2 Å². The molecule has 1 saturated heterocycles. The Bertz CT molecular complexity index is 1450. The third-order valence-electron chi connectivity index (χ3n) is 9.46. The van der Waals surface area contributed by atoms with Gasteiger partial charge in [0.1, 0.15) is 28.7 Å². The molecule has 214 valence electrons. The number of nitrogens with one attached hydrogen (secondary N) is 2. The average molecular weight is 557 g/mol. The molecule has 3 aliphatic carbocycles. The molecule has 2 aliphatic heterocycles. The molecular formula is C28H33FN4O7. The highest BCUT2D eigenvalue weighted by Gasteiger charge is 2.64. The number of halogens is 1. The van der Waals surface area contributed by atoms with Crippen LogP contribution in [0.25, 0.3) is 5.76 Å². The topological polar surface area (TPSA) is 185 Å². The number of rotatable bonds is 3. The summed E-state index contributed by atoms with van der Waals surface area (Å²) >= 11 is 0. The molecule has 12 heteroatoms. The summed E-state index contributed by atoms with van der Waals surface area (Å²) in [6.07, 6.45) is 0.672. The molecule has 6 rings (SSSR count). The Hall–Kier alpha value is -3.48. The number of anilines is 1. The number of aliphatic hydroxyl groups is 3. The van der Waals surface area contributed by atoms with Crippen molar-refractivity contribution >= 4 is 28.9 Å². The Morgan fingerprint density at radius 2 is 1.95 bits per heavy atom. The van der Waals surface area contributed by atoms with Gasteiger partial charge in [-0.15, -0.1) is 0 Å². The van der Waals surface area contributed by atoms with Crippen LogP contribution in [-0.4, -0.2) is 80.6 Å². The number of ketones is 2. The van der Waals surface area contributed by atoms with E-state index < -0.39 is 69.6 Å². The van der Waals surface area contributed by atoms with Crippen LogP contribution in [-0.2, 0) is 20.8 Å². The molecule has 2 fully saturated rings. The fourth-order valence-corrected chi connectivity index (χ4v) is 7.73. The first-order valence-corrected chi connectivity index (χ1v) is 13.6. The van der Waals surface area contributed by atoms with Gasteiger partial charge < -0.3 is 36.8 Å². The summed E-state index contributed by atoms with van der Waals surface area (Å²) in [6.45, 7) is 4.73. The number of phenolic OH excluding ortho intramolecular Hbond substituents is 1. The van der Waals surface area contributed by atoms with E-state index in [2.05, 4.69) is 10.6 Å². The number of hydrogen-bond acceptors (Lipinski definition) is 10. The summed E-state index contributed by atoms with van der Waals surface area (Å²) in [7, 11) is 1.90. The van der Waals surface area contributed by atoms with E-state index >= 15 is 4.39 Å². The number of phenols is 1. The minimum Gasteiger partial charge on any atom is -0.508 e. The third-order valence-corrected chi connectivity index (χ3v) is 9.46. The fraction of sp³-hybridized carbons (Fsp3) is 0.536. The molecule has 0 radical (unpaired) electrons. The molecule has 1 aromatic rings. The third kappa shape index (κ3) is 3.29. The largest absolute Gasteiger partial charge is 0.508 e. The van der Waals surface area contributed by atoms with Crippen LogP contribution >= 0.6 is 0 Å². The van der Waals surface area contributed by atoms with E-state index in [0.29, 0.717) is 12.1 Å². The van der Waals surface area contributed by atoms with Crippen LogP contribution < -0.4 is 16.4 Å². The maximum absolute atomic E-state index is 16.4. The number of amides is 1. The van der Waals surface area contributed by atoms with Crippen LogP contribution in [0.4, 0.5) is 10.1 Å². The summed E-state index contributed by atoms with van der Waals surface area (Å²) in [5, 5.41) is 51.5. The number of hydrogen-bond donors (Lipinski definition) is 7. The van der Waals surface area contributed by atoms with Gasteiger partial charge in [0.2, 0.25) is 5.78 Å². The predicted octanol–water partition coefficient (Wildman–Crippen LogP) is 0.958. The van der Waals surface area contributed by atoms with Crippen molar-refractivity contribution in [3.8, 4) is 5.75 Å². The lowest BCUT2D eigenvalue weighted by Crippen LogP contribution is -2.66. The second kappa shape index (κ2) is 8.76. The zero-order valence-electron chi connectivity index (χ0n) is 22.4. The zero-order valence-corrected chi connectivity index (χ0v) is 22.4. The Morgan fingerprint density at radius 1 is 1.25 bits per heavy atom. The van der Waals surface area contributed by atoms with E-state index in [1.54, 1.807) is 13.8 Å².